The topological polar surface area (TPSA) is 40.5 Å². The highest BCUT2D eigenvalue weighted by Crippen LogP contribution is 2.22. The van der Waals surface area contributed by atoms with Gasteiger partial charge in [0.05, 0.1) is 6.04 Å². The first-order valence-electron chi connectivity index (χ1n) is 4.56. The molecule has 0 aromatic heterocycles. The van der Waals surface area contributed by atoms with Gasteiger partial charge in [0.2, 0.25) is 0 Å². The van der Waals surface area contributed by atoms with E-state index in [1.54, 1.807) is 24.3 Å². The van der Waals surface area contributed by atoms with Crippen LogP contribution in [-0.2, 0) is 0 Å². The van der Waals surface area contributed by atoms with Crippen molar-refractivity contribution in [2.24, 2.45) is 0 Å². The fourth-order valence-corrected chi connectivity index (χ4v) is 1.76. The summed E-state index contributed by atoms with van der Waals surface area (Å²) in [5, 5.41) is 9.60. The zero-order valence-corrected chi connectivity index (χ0v) is 9.95. The molecule has 1 atom stereocenters. The maximum Gasteiger partial charge on any atom is 0.412 e. The number of nitrogens with zero attached hydrogens (tertiary/aromatic N) is 1. The van der Waals surface area contributed by atoms with Gasteiger partial charge in [-0.25, -0.2) is 4.79 Å². The van der Waals surface area contributed by atoms with Crippen LogP contribution in [0.4, 0.5) is 10.5 Å². The lowest BCUT2D eigenvalue weighted by atomic mass is 10.2. The first kappa shape index (κ1) is 12.9. The maximum atomic E-state index is 11.1. The van der Waals surface area contributed by atoms with Crippen LogP contribution in [-0.4, -0.2) is 23.1 Å². The SMILES string of the molecule is C=CC(CCl)N(C(=O)O)c1cccc(Cl)c1. The van der Waals surface area contributed by atoms with E-state index in [1.165, 1.54) is 6.08 Å². The summed E-state index contributed by atoms with van der Waals surface area (Å²) in [6.07, 6.45) is 0.398. The third kappa shape index (κ3) is 2.90. The van der Waals surface area contributed by atoms with Crippen molar-refractivity contribution >= 4 is 35.0 Å². The predicted octanol–water partition coefficient (Wildman–Crippen LogP) is 3.62. The minimum atomic E-state index is -1.09. The van der Waals surface area contributed by atoms with Gasteiger partial charge in [-0.05, 0) is 18.2 Å². The van der Waals surface area contributed by atoms with Gasteiger partial charge in [0, 0.05) is 16.6 Å². The van der Waals surface area contributed by atoms with Gasteiger partial charge in [-0.3, -0.25) is 4.90 Å². The molecule has 0 bridgehead atoms. The van der Waals surface area contributed by atoms with Crippen molar-refractivity contribution in [2.45, 2.75) is 6.04 Å². The molecule has 0 saturated heterocycles. The molecule has 0 spiro atoms. The van der Waals surface area contributed by atoms with Crippen LogP contribution in [0.3, 0.4) is 0 Å². The molecule has 16 heavy (non-hydrogen) atoms. The second-order valence-corrected chi connectivity index (χ2v) is 3.83. The first-order chi connectivity index (χ1) is 7.60. The van der Waals surface area contributed by atoms with E-state index >= 15 is 0 Å². The summed E-state index contributed by atoms with van der Waals surface area (Å²) in [5.41, 5.74) is 0.477. The number of halogens is 2. The molecule has 5 heteroatoms. The van der Waals surface area contributed by atoms with Crippen LogP contribution in [0.15, 0.2) is 36.9 Å². The Balaban J connectivity index is 3.11. The van der Waals surface area contributed by atoms with Gasteiger partial charge in [-0.15, -0.1) is 18.2 Å². The number of anilines is 1. The summed E-state index contributed by atoms with van der Waals surface area (Å²) < 4.78 is 0. The van der Waals surface area contributed by atoms with E-state index in [4.69, 9.17) is 28.3 Å². The number of alkyl halides is 1. The van der Waals surface area contributed by atoms with Gasteiger partial charge < -0.3 is 5.11 Å². The maximum absolute atomic E-state index is 11.1. The van der Waals surface area contributed by atoms with E-state index in [-0.39, 0.29) is 5.88 Å². The van der Waals surface area contributed by atoms with Crippen molar-refractivity contribution in [1.29, 1.82) is 0 Å². The van der Waals surface area contributed by atoms with Gasteiger partial charge in [-0.2, -0.15) is 0 Å². The largest absolute Gasteiger partial charge is 0.465 e. The van der Waals surface area contributed by atoms with Gasteiger partial charge in [-0.1, -0.05) is 23.7 Å². The molecule has 0 heterocycles. The number of amides is 1. The third-order valence-corrected chi connectivity index (χ3v) is 2.61. The van der Waals surface area contributed by atoms with Crippen LogP contribution in [0.5, 0.6) is 0 Å². The summed E-state index contributed by atoms with van der Waals surface area (Å²) in [6, 6.07) is 6.11. The number of benzene rings is 1. The molecule has 0 aliphatic heterocycles. The second-order valence-electron chi connectivity index (χ2n) is 3.09. The summed E-state index contributed by atoms with van der Waals surface area (Å²) in [6.45, 7) is 3.56. The van der Waals surface area contributed by atoms with Crippen molar-refractivity contribution in [3.63, 3.8) is 0 Å². The Morgan fingerprint density at radius 3 is 2.75 bits per heavy atom. The van der Waals surface area contributed by atoms with E-state index in [2.05, 4.69) is 6.58 Å². The summed E-state index contributed by atoms with van der Waals surface area (Å²) in [4.78, 5) is 12.3. The Morgan fingerprint density at radius 1 is 1.62 bits per heavy atom. The Hall–Kier alpha value is -1.19. The lowest BCUT2D eigenvalue weighted by Gasteiger charge is -2.25. The van der Waals surface area contributed by atoms with Crippen LogP contribution in [0.2, 0.25) is 5.02 Å². The number of carbonyl (C=O) groups is 1. The van der Waals surface area contributed by atoms with Crippen LogP contribution >= 0.6 is 23.2 Å². The minimum absolute atomic E-state index is 0.141. The second kappa shape index (κ2) is 5.77. The van der Waals surface area contributed by atoms with E-state index < -0.39 is 12.1 Å². The molecular weight excluding hydrogens is 249 g/mol. The molecule has 1 aromatic rings. The molecule has 0 aliphatic carbocycles. The molecule has 0 radical (unpaired) electrons. The van der Waals surface area contributed by atoms with Gasteiger partial charge >= 0.3 is 6.09 Å². The van der Waals surface area contributed by atoms with Gasteiger partial charge in [0.25, 0.3) is 0 Å². The Labute approximate surface area is 104 Å². The van der Waals surface area contributed by atoms with E-state index in [0.29, 0.717) is 10.7 Å². The highest BCUT2D eigenvalue weighted by atomic mass is 35.5. The average molecular weight is 260 g/mol. The molecule has 1 N–H and O–H groups in total. The Bertz CT molecular complexity index is 395. The monoisotopic (exact) mass is 259 g/mol. The van der Waals surface area contributed by atoms with Crippen molar-refractivity contribution in [2.75, 3.05) is 10.8 Å². The fourth-order valence-electron chi connectivity index (χ4n) is 1.31. The highest BCUT2D eigenvalue weighted by molar-refractivity contribution is 6.30. The lowest BCUT2D eigenvalue weighted by Crippen LogP contribution is -2.39. The average Bonchev–Trinajstić information content (AvgIpc) is 2.24. The molecule has 1 aromatic carbocycles. The van der Waals surface area contributed by atoms with Crippen molar-refractivity contribution in [3.05, 3.63) is 41.9 Å². The van der Waals surface area contributed by atoms with Crippen molar-refractivity contribution < 1.29 is 9.90 Å². The molecular formula is C11H11Cl2NO2. The molecule has 0 aliphatic rings. The van der Waals surface area contributed by atoms with E-state index in [9.17, 15) is 4.79 Å². The number of hydrogen-bond acceptors (Lipinski definition) is 1. The van der Waals surface area contributed by atoms with Crippen LogP contribution in [0, 0.1) is 0 Å². The summed E-state index contributed by atoms with van der Waals surface area (Å²) >= 11 is 11.5. The highest BCUT2D eigenvalue weighted by Gasteiger charge is 2.21. The third-order valence-electron chi connectivity index (χ3n) is 2.05. The normalized spacial score (nSPS) is 11.9. The van der Waals surface area contributed by atoms with Crippen molar-refractivity contribution in [1.82, 2.24) is 0 Å². The van der Waals surface area contributed by atoms with Crippen LogP contribution in [0.25, 0.3) is 0 Å². The van der Waals surface area contributed by atoms with E-state index in [0.717, 1.165) is 4.90 Å². The first-order valence-corrected chi connectivity index (χ1v) is 5.47. The fraction of sp³-hybridized carbons (Fsp3) is 0.182. The molecule has 86 valence electrons. The number of hydrogen-bond donors (Lipinski definition) is 1. The molecule has 1 rings (SSSR count). The van der Waals surface area contributed by atoms with Gasteiger partial charge in [0.15, 0.2) is 0 Å². The molecule has 0 fully saturated rings. The minimum Gasteiger partial charge on any atom is -0.465 e. The standard InChI is InChI=1S/C11H11Cl2NO2/c1-2-9(7-12)14(11(15)16)10-5-3-4-8(13)6-10/h2-6,9H,1,7H2,(H,15,16). The zero-order valence-electron chi connectivity index (χ0n) is 8.44. The Kier molecular flexibility index (Phi) is 4.65. The smallest absolute Gasteiger partial charge is 0.412 e. The summed E-state index contributed by atoms with van der Waals surface area (Å²) in [7, 11) is 0. The molecule has 1 unspecified atom stereocenters. The quantitative estimate of drug-likeness (QED) is 0.663. The van der Waals surface area contributed by atoms with Crippen LogP contribution < -0.4 is 4.90 Å². The Morgan fingerprint density at radius 2 is 2.31 bits per heavy atom. The number of carboxylic acid groups (broad SMARTS) is 1. The molecule has 1 amide bonds. The van der Waals surface area contributed by atoms with Crippen LogP contribution in [0.1, 0.15) is 0 Å². The van der Waals surface area contributed by atoms with Crippen molar-refractivity contribution in [3.8, 4) is 0 Å². The van der Waals surface area contributed by atoms with E-state index in [1.807, 2.05) is 0 Å². The zero-order chi connectivity index (χ0) is 12.1. The number of rotatable bonds is 4. The molecule has 3 nitrogen and oxygen atoms in total. The molecule has 0 saturated carbocycles. The van der Waals surface area contributed by atoms with Gasteiger partial charge in [0.1, 0.15) is 0 Å². The lowest BCUT2D eigenvalue weighted by molar-refractivity contribution is 0.201. The summed E-state index contributed by atoms with van der Waals surface area (Å²) in [5.74, 6) is 0.141. The predicted molar refractivity (Wildman–Crippen MR) is 66.7 cm³/mol.